The molecule has 1 heteroatoms. The number of hydrogen-bond acceptors (Lipinski definition) is 1. The monoisotopic (exact) mass is 439 g/mol. The molecule has 1 aliphatic carbocycles. The number of rotatable bonds is 6. The molecule has 0 saturated heterocycles. The molecule has 0 unspecified atom stereocenters. The summed E-state index contributed by atoms with van der Waals surface area (Å²) in [5.74, 6) is 0. The minimum atomic E-state index is -0.120. The van der Waals surface area contributed by atoms with E-state index in [0.717, 1.165) is 11.4 Å². The summed E-state index contributed by atoms with van der Waals surface area (Å²) in [5.41, 5.74) is 10.8. The van der Waals surface area contributed by atoms with Crippen molar-refractivity contribution < 1.29 is 0 Å². The molecule has 1 nitrogen and oxygen atoms in total. The van der Waals surface area contributed by atoms with Gasteiger partial charge in [-0.25, -0.2) is 0 Å². The second kappa shape index (κ2) is 8.68. The minimum absolute atomic E-state index is 0.120. The van der Waals surface area contributed by atoms with Gasteiger partial charge in [-0.05, 0) is 63.7 Å². The number of fused-ring (bicyclic) bond motifs is 3. The number of benzene rings is 4. The summed E-state index contributed by atoms with van der Waals surface area (Å²) < 4.78 is 0. The van der Waals surface area contributed by atoms with Crippen molar-refractivity contribution in [2.75, 3.05) is 4.90 Å². The summed E-state index contributed by atoms with van der Waals surface area (Å²) in [6.45, 7) is 12.7. The molecule has 0 atom stereocenters. The van der Waals surface area contributed by atoms with Gasteiger partial charge >= 0.3 is 0 Å². The summed E-state index contributed by atoms with van der Waals surface area (Å²) in [5, 5.41) is 0. The molecule has 5 rings (SSSR count). The Kier molecular flexibility index (Phi) is 5.55. The predicted molar refractivity (Wildman–Crippen MR) is 146 cm³/mol. The zero-order valence-corrected chi connectivity index (χ0v) is 19.8. The third kappa shape index (κ3) is 3.50. The molecule has 0 bridgehead atoms. The van der Waals surface area contributed by atoms with E-state index in [9.17, 15) is 0 Å². The maximum absolute atomic E-state index is 4.13. The second-order valence-corrected chi connectivity index (χ2v) is 9.15. The van der Waals surface area contributed by atoms with Crippen molar-refractivity contribution in [3.05, 3.63) is 145 Å². The topological polar surface area (TPSA) is 3.24 Å². The van der Waals surface area contributed by atoms with E-state index >= 15 is 0 Å². The fraction of sp³-hybridized carbons (Fsp3) is 0.0909. The zero-order valence-electron chi connectivity index (χ0n) is 19.8. The average molecular weight is 440 g/mol. The van der Waals surface area contributed by atoms with Crippen molar-refractivity contribution in [1.82, 2.24) is 0 Å². The van der Waals surface area contributed by atoms with Crippen LogP contribution in [0.4, 0.5) is 11.4 Å². The molecule has 0 aromatic heterocycles. The molecule has 4 aromatic carbocycles. The quantitative estimate of drug-likeness (QED) is 0.271. The van der Waals surface area contributed by atoms with Crippen LogP contribution in [0, 0.1) is 0 Å². The molecule has 166 valence electrons. The first-order chi connectivity index (χ1) is 16.6. The van der Waals surface area contributed by atoms with E-state index in [2.05, 4.69) is 123 Å². The van der Waals surface area contributed by atoms with Crippen LogP contribution in [0.15, 0.2) is 134 Å². The van der Waals surface area contributed by atoms with Crippen LogP contribution >= 0.6 is 0 Å². The van der Waals surface area contributed by atoms with E-state index in [1.807, 2.05) is 24.3 Å². The first-order valence-electron chi connectivity index (χ1n) is 11.7. The number of hydrogen-bond donors (Lipinski definition) is 0. The standard InChI is InChI=1S/C33H29N/c1-5-13-26(6-2)34(27-22-20-25(21-23-27)24-14-8-7-9-15-24)31-19-12-17-29-28-16-10-11-18-30(28)33(3,4)32(29)31/h5-23H,1-2H2,3-4H3/b26-13+. The second-order valence-electron chi connectivity index (χ2n) is 9.15. The molecule has 0 fully saturated rings. The predicted octanol–water partition coefficient (Wildman–Crippen LogP) is 9.05. The summed E-state index contributed by atoms with van der Waals surface area (Å²) in [6.07, 6.45) is 5.75. The molecule has 0 radical (unpaired) electrons. The highest BCUT2D eigenvalue weighted by molar-refractivity contribution is 5.89. The maximum Gasteiger partial charge on any atom is 0.0508 e. The van der Waals surface area contributed by atoms with E-state index in [1.54, 1.807) is 0 Å². The third-order valence-corrected chi connectivity index (χ3v) is 6.79. The highest BCUT2D eigenvalue weighted by atomic mass is 15.1. The molecule has 0 aliphatic heterocycles. The SMILES string of the molecule is C=C/C=C(\C=C)N(c1ccc(-c2ccccc2)cc1)c1cccc2c1C(C)(C)c1ccccc1-2. The van der Waals surface area contributed by atoms with Gasteiger partial charge in [-0.1, -0.05) is 112 Å². The summed E-state index contributed by atoms with van der Waals surface area (Å²) in [6, 6.07) is 34.6. The van der Waals surface area contributed by atoms with E-state index in [4.69, 9.17) is 0 Å². The summed E-state index contributed by atoms with van der Waals surface area (Å²) in [7, 11) is 0. The average Bonchev–Trinajstić information content (AvgIpc) is 3.12. The van der Waals surface area contributed by atoms with Gasteiger partial charge in [0.1, 0.15) is 0 Å². The highest BCUT2D eigenvalue weighted by Crippen LogP contribution is 2.53. The van der Waals surface area contributed by atoms with Crippen LogP contribution < -0.4 is 4.90 Å². The molecule has 4 aromatic rings. The Morgan fingerprint density at radius 3 is 2.06 bits per heavy atom. The van der Waals surface area contributed by atoms with Crippen molar-refractivity contribution in [3.8, 4) is 22.3 Å². The third-order valence-electron chi connectivity index (χ3n) is 6.79. The van der Waals surface area contributed by atoms with E-state index < -0.39 is 0 Å². The Morgan fingerprint density at radius 2 is 1.35 bits per heavy atom. The Hall–Kier alpha value is -4.10. The molecule has 0 saturated carbocycles. The van der Waals surface area contributed by atoms with E-state index in [1.165, 1.54) is 39.1 Å². The first kappa shape index (κ1) is 21.7. The van der Waals surface area contributed by atoms with Gasteiger partial charge in [-0.15, -0.1) is 0 Å². The molecule has 1 aliphatic rings. The van der Waals surface area contributed by atoms with E-state index in [-0.39, 0.29) is 5.41 Å². The number of anilines is 2. The largest absolute Gasteiger partial charge is 0.310 e. The lowest BCUT2D eigenvalue weighted by atomic mass is 9.81. The lowest BCUT2D eigenvalue weighted by molar-refractivity contribution is 0.660. The van der Waals surface area contributed by atoms with Crippen molar-refractivity contribution >= 4 is 11.4 Å². The molecule has 0 amide bonds. The van der Waals surface area contributed by atoms with Crippen molar-refractivity contribution in [2.45, 2.75) is 19.3 Å². The van der Waals surface area contributed by atoms with Gasteiger partial charge in [-0.3, -0.25) is 0 Å². The van der Waals surface area contributed by atoms with Gasteiger partial charge in [0.15, 0.2) is 0 Å². The summed E-state index contributed by atoms with van der Waals surface area (Å²) >= 11 is 0. The van der Waals surface area contributed by atoms with Gasteiger partial charge in [0, 0.05) is 16.8 Å². The van der Waals surface area contributed by atoms with Gasteiger partial charge in [0.2, 0.25) is 0 Å². The zero-order chi connectivity index (χ0) is 23.7. The lowest BCUT2D eigenvalue weighted by Gasteiger charge is -2.32. The summed E-state index contributed by atoms with van der Waals surface area (Å²) in [4.78, 5) is 2.30. The number of nitrogens with zero attached hydrogens (tertiary/aromatic N) is 1. The van der Waals surface area contributed by atoms with Crippen LogP contribution in [0.25, 0.3) is 22.3 Å². The highest BCUT2D eigenvalue weighted by Gasteiger charge is 2.38. The van der Waals surface area contributed by atoms with Crippen LogP contribution in [-0.2, 0) is 5.41 Å². The van der Waals surface area contributed by atoms with Crippen molar-refractivity contribution in [3.63, 3.8) is 0 Å². The van der Waals surface area contributed by atoms with Gasteiger partial charge in [0.05, 0.1) is 5.69 Å². The molecular formula is C33H29N. The fourth-order valence-electron chi connectivity index (χ4n) is 5.22. The van der Waals surface area contributed by atoms with Crippen molar-refractivity contribution in [2.24, 2.45) is 0 Å². The van der Waals surface area contributed by atoms with E-state index in [0.29, 0.717) is 0 Å². The molecule has 34 heavy (non-hydrogen) atoms. The smallest absolute Gasteiger partial charge is 0.0508 e. The fourth-order valence-corrected chi connectivity index (χ4v) is 5.22. The number of allylic oxidation sites excluding steroid dienone is 3. The Morgan fingerprint density at radius 1 is 0.706 bits per heavy atom. The van der Waals surface area contributed by atoms with Crippen molar-refractivity contribution in [1.29, 1.82) is 0 Å². The Balaban J connectivity index is 1.70. The first-order valence-corrected chi connectivity index (χ1v) is 11.7. The van der Waals surface area contributed by atoms with Crippen LogP contribution in [0.3, 0.4) is 0 Å². The molecule has 0 spiro atoms. The van der Waals surface area contributed by atoms with Gasteiger partial charge in [0.25, 0.3) is 0 Å². The van der Waals surface area contributed by atoms with Crippen LogP contribution in [0.2, 0.25) is 0 Å². The molecule has 0 heterocycles. The maximum atomic E-state index is 4.13. The Bertz CT molecular complexity index is 1390. The normalized spacial score (nSPS) is 13.6. The Labute approximate surface area is 203 Å². The van der Waals surface area contributed by atoms with Crippen LogP contribution in [0.1, 0.15) is 25.0 Å². The van der Waals surface area contributed by atoms with Gasteiger partial charge in [-0.2, -0.15) is 0 Å². The minimum Gasteiger partial charge on any atom is -0.310 e. The lowest BCUT2D eigenvalue weighted by Crippen LogP contribution is -2.22. The van der Waals surface area contributed by atoms with Crippen LogP contribution in [-0.4, -0.2) is 0 Å². The molecular weight excluding hydrogens is 410 g/mol. The van der Waals surface area contributed by atoms with Crippen LogP contribution in [0.5, 0.6) is 0 Å². The van der Waals surface area contributed by atoms with Gasteiger partial charge < -0.3 is 4.90 Å². The molecule has 0 N–H and O–H groups in total.